The molecule has 3 fully saturated rings. The fourth-order valence-electron chi connectivity index (χ4n) is 5.29. The maximum Gasteiger partial charge on any atom is 0.0508 e. The van der Waals surface area contributed by atoms with Crippen molar-refractivity contribution in [2.45, 2.75) is 38.3 Å². The van der Waals surface area contributed by atoms with Crippen LogP contribution in [0.1, 0.15) is 31.2 Å². The highest BCUT2D eigenvalue weighted by Crippen LogP contribution is 2.45. The van der Waals surface area contributed by atoms with Crippen LogP contribution in [0.25, 0.3) is 0 Å². The van der Waals surface area contributed by atoms with Crippen molar-refractivity contribution < 1.29 is 9.47 Å². The van der Waals surface area contributed by atoms with Gasteiger partial charge in [-0.3, -0.25) is 4.90 Å². The Balaban J connectivity index is 1.38. The molecule has 1 spiro atoms. The fourth-order valence-corrected chi connectivity index (χ4v) is 5.95. The van der Waals surface area contributed by atoms with E-state index in [0.29, 0.717) is 11.3 Å². The summed E-state index contributed by atoms with van der Waals surface area (Å²) < 4.78 is 11.2. The highest BCUT2D eigenvalue weighted by molar-refractivity contribution is 7.07. The number of rotatable bonds is 5. The first-order valence-electron chi connectivity index (χ1n) is 9.83. The summed E-state index contributed by atoms with van der Waals surface area (Å²) in [5, 5.41) is 4.49. The van der Waals surface area contributed by atoms with E-state index in [1.165, 1.54) is 57.4 Å². The molecule has 25 heavy (non-hydrogen) atoms. The summed E-state index contributed by atoms with van der Waals surface area (Å²) in [6.45, 7) is 8.89. The predicted molar refractivity (Wildman–Crippen MR) is 102 cm³/mol. The van der Waals surface area contributed by atoms with Crippen LogP contribution in [0.2, 0.25) is 0 Å². The minimum absolute atomic E-state index is 0.466. The Bertz CT molecular complexity index is 522. The standard InChI is InChI=1S/C20H32N2O2S/c1-23-14-18-13-21(12-17-4-11-25-15-17)16-20(18)5-7-22(8-6-20)19-2-9-24-10-3-19/h4,11,15,18-19H,2-3,5-10,12-14,16H2,1H3/t18-/m0/s1. The molecule has 3 saturated heterocycles. The van der Waals surface area contributed by atoms with Gasteiger partial charge in [0.1, 0.15) is 0 Å². The summed E-state index contributed by atoms with van der Waals surface area (Å²) in [4.78, 5) is 5.43. The summed E-state index contributed by atoms with van der Waals surface area (Å²) in [5.41, 5.74) is 1.94. The molecule has 140 valence electrons. The maximum absolute atomic E-state index is 5.63. The van der Waals surface area contributed by atoms with Gasteiger partial charge in [-0.2, -0.15) is 11.3 Å². The van der Waals surface area contributed by atoms with Crippen LogP contribution < -0.4 is 0 Å². The zero-order valence-electron chi connectivity index (χ0n) is 15.5. The monoisotopic (exact) mass is 364 g/mol. The van der Waals surface area contributed by atoms with Crippen molar-refractivity contribution in [3.8, 4) is 0 Å². The third-order valence-electron chi connectivity index (χ3n) is 6.74. The van der Waals surface area contributed by atoms with Crippen molar-refractivity contribution in [3.05, 3.63) is 22.4 Å². The van der Waals surface area contributed by atoms with Crippen LogP contribution in [0, 0.1) is 11.3 Å². The van der Waals surface area contributed by atoms with Gasteiger partial charge in [0.15, 0.2) is 0 Å². The van der Waals surface area contributed by atoms with Gasteiger partial charge in [-0.1, -0.05) is 0 Å². The van der Waals surface area contributed by atoms with E-state index in [0.717, 1.165) is 32.4 Å². The van der Waals surface area contributed by atoms with Gasteiger partial charge in [-0.05, 0) is 66.6 Å². The normalized spacial score (nSPS) is 28.8. The summed E-state index contributed by atoms with van der Waals surface area (Å²) in [7, 11) is 1.87. The average molecular weight is 365 g/mol. The molecule has 0 aromatic carbocycles. The predicted octanol–water partition coefficient (Wildman–Crippen LogP) is 3.09. The Hall–Kier alpha value is -0.460. The van der Waals surface area contributed by atoms with E-state index in [4.69, 9.17) is 9.47 Å². The quantitative estimate of drug-likeness (QED) is 0.802. The first-order valence-corrected chi connectivity index (χ1v) is 10.8. The zero-order chi connectivity index (χ0) is 17.1. The molecule has 1 aromatic heterocycles. The molecule has 4 heterocycles. The molecule has 0 amide bonds. The Morgan fingerprint density at radius 2 is 2.08 bits per heavy atom. The lowest BCUT2D eigenvalue weighted by Crippen LogP contribution is -2.49. The van der Waals surface area contributed by atoms with Crippen molar-refractivity contribution in [1.29, 1.82) is 0 Å². The van der Waals surface area contributed by atoms with Crippen LogP contribution in [0.3, 0.4) is 0 Å². The van der Waals surface area contributed by atoms with Crippen molar-refractivity contribution in [2.24, 2.45) is 11.3 Å². The van der Waals surface area contributed by atoms with Gasteiger partial charge >= 0.3 is 0 Å². The Morgan fingerprint density at radius 3 is 2.76 bits per heavy atom. The van der Waals surface area contributed by atoms with E-state index < -0.39 is 0 Å². The van der Waals surface area contributed by atoms with Gasteiger partial charge in [-0.15, -0.1) is 0 Å². The van der Waals surface area contributed by atoms with E-state index in [1.54, 1.807) is 0 Å². The second kappa shape index (κ2) is 8.05. The molecule has 1 atom stereocenters. The van der Waals surface area contributed by atoms with E-state index in [-0.39, 0.29) is 0 Å². The molecular weight excluding hydrogens is 332 g/mol. The summed E-state index contributed by atoms with van der Waals surface area (Å²) in [6.07, 6.45) is 5.11. The third-order valence-corrected chi connectivity index (χ3v) is 7.47. The van der Waals surface area contributed by atoms with Gasteiger partial charge in [-0.25, -0.2) is 0 Å². The van der Waals surface area contributed by atoms with E-state index in [9.17, 15) is 0 Å². The number of thiophene rings is 1. The first kappa shape index (κ1) is 17.9. The van der Waals surface area contributed by atoms with Crippen molar-refractivity contribution in [3.63, 3.8) is 0 Å². The molecule has 0 N–H and O–H groups in total. The molecule has 4 rings (SSSR count). The third kappa shape index (κ3) is 3.96. The molecule has 0 saturated carbocycles. The van der Waals surface area contributed by atoms with Gasteiger partial charge in [0, 0.05) is 51.9 Å². The Morgan fingerprint density at radius 1 is 1.28 bits per heavy atom. The number of ether oxygens (including phenoxy) is 2. The minimum atomic E-state index is 0.466. The topological polar surface area (TPSA) is 24.9 Å². The molecule has 0 aliphatic carbocycles. The number of hydrogen-bond donors (Lipinski definition) is 0. The molecule has 3 aliphatic rings. The molecule has 3 aliphatic heterocycles. The van der Waals surface area contributed by atoms with Crippen LogP contribution >= 0.6 is 11.3 Å². The average Bonchev–Trinajstić information content (AvgIpc) is 3.26. The van der Waals surface area contributed by atoms with Gasteiger partial charge in [0.25, 0.3) is 0 Å². The SMILES string of the molecule is COC[C@@H]1CN(Cc2ccsc2)CC12CCN(C1CCOCC1)CC2. The van der Waals surface area contributed by atoms with Gasteiger partial charge in [0.2, 0.25) is 0 Å². The van der Waals surface area contributed by atoms with Crippen LogP contribution in [-0.2, 0) is 16.0 Å². The van der Waals surface area contributed by atoms with E-state index in [2.05, 4.69) is 26.6 Å². The highest BCUT2D eigenvalue weighted by atomic mass is 32.1. The summed E-state index contributed by atoms with van der Waals surface area (Å²) in [5.74, 6) is 0.688. The second-order valence-corrected chi connectivity index (χ2v) is 8.98. The second-order valence-electron chi connectivity index (χ2n) is 8.20. The Kier molecular flexibility index (Phi) is 5.77. The number of likely N-dealkylation sites (tertiary alicyclic amines) is 2. The van der Waals surface area contributed by atoms with Gasteiger partial charge in [0.05, 0.1) is 6.61 Å². The van der Waals surface area contributed by atoms with Crippen LogP contribution in [-0.4, -0.2) is 69.0 Å². The number of hydrogen-bond acceptors (Lipinski definition) is 5. The van der Waals surface area contributed by atoms with Gasteiger partial charge < -0.3 is 14.4 Å². The lowest BCUT2D eigenvalue weighted by molar-refractivity contribution is -0.0109. The molecule has 0 bridgehead atoms. The smallest absolute Gasteiger partial charge is 0.0508 e. The fraction of sp³-hybridized carbons (Fsp3) is 0.800. The first-order chi connectivity index (χ1) is 12.3. The van der Waals surface area contributed by atoms with E-state index in [1.807, 2.05) is 18.4 Å². The van der Waals surface area contributed by atoms with Crippen LogP contribution in [0.5, 0.6) is 0 Å². The zero-order valence-corrected chi connectivity index (χ0v) is 16.3. The number of piperidine rings is 1. The van der Waals surface area contributed by atoms with Crippen molar-refractivity contribution >= 4 is 11.3 Å². The molecule has 0 radical (unpaired) electrons. The van der Waals surface area contributed by atoms with Crippen molar-refractivity contribution in [2.75, 3.05) is 53.1 Å². The molecule has 0 unspecified atom stereocenters. The maximum atomic E-state index is 5.63. The van der Waals surface area contributed by atoms with Crippen LogP contribution in [0.15, 0.2) is 16.8 Å². The highest BCUT2D eigenvalue weighted by Gasteiger charge is 2.48. The summed E-state index contributed by atoms with van der Waals surface area (Å²) in [6, 6.07) is 3.03. The van der Waals surface area contributed by atoms with Crippen molar-refractivity contribution in [1.82, 2.24) is 9.80 Å². The summed E-state index contributed by atoms with van der Waals surface area (Å²) >= 11 is 1.81. The lowest BCUT2D eigenvalue weighted by atomic mass is 9.71. The number of methoxy groups -OCH3 is 1. The molecule has 5 heteroatoms. The lowest BCUT2D eigenvalue weighted by Gasteiger charge is -2.46. The largest absolute Gasteiger partial charge is 0.384 e. The Labute approximate surface area is 156 Å². The molecular formula is C20H32N2O2S. The molecule has 1 aromatic rings. The molecule has 4 nitrogen and oxygen atoms in total. The van der Waals surface area contributed by atoms with E-state index >= 15 is 0 Å². The minimum Gasteiger partial charge on any atom is -0.384 e. The number of nitrogens with zero attached hydrogens (tertiary/aromatic N) is 2. The van der Waals surface area contributed by atoms with Crippen LogP contribution in [0.4, 0.5) is 0 Å².